The molecule has 0 unspecified atom stereocenters. The van der Waals surface area contributed by atoms with Gasteiger partial charge in [-0.15, -0.1) is 0 Å². The minimum Gasteiger partial charge on any atom is -0.478 e. The third-order valence-corrected chi connectivity index (χ3v) is 2.47. The SMILES string of the molecule is Cn1c(=O)oc2cc(C/C=C/C(=O)O)ccc21. The van der Waals surface area contributed by atoms with Crippen LogP contribution in [0, 0.1) is 0 Å². The summed E-state index contributed by atoms with van der Waals surface area (Å²) in [6.07, 6.45) is 3.12. The second kappa shape index (κ2) is 4.29. The summed E-state index contributed by atoms with van der Waals surface area (Å²) in [7, 11) is 1.64. The number of carbonyl (C=O) groups is 1. The van der Waals surface area contributed by atoms with Crippen LogP contribution in [0.1, 0.15) is 5.56 Å². The number of aromatic nitrogens is 1. The van der Waals surface area contributed by atoms with Gasteiger partial charge >= 0.3 is 11.7 Å². The Kier molecular flexibility index (Phi) is 2.82. The van der Waals surface area contributed by atoms with E-state index in [-0.39, 0.29) is 0 Å². The molecule has 0 fully saturated rings. The van der Waals surface area contributed by atoms with Crippen LogP contribution in [0.5, 0.6) is 0 Å². The van der Waals surface area contributed by atoms with Crippen molar-refractivity contribution in [1.29, 1.82) is 0 Å². The van der Waals surface area contributed by atoms with Gasteiger partial charge in [0.05, 0.1) is 5.52 Å². The number of hydrogen-bond acceptors (Lipinski definition) is 3. The topological polar surface area (TPSA) is 72.4 Å². The number of aryl methyl sites for hydroxylation is 1. The monoisotopic (exact) mass is 233 g/mol. The average molecular weight is 233 g/mol. The summed E-state index contributed by atoms with van der Waals surface area (Å²) in [5, 5.41) is 8.45. The van der Waals surface area contributed by atoms with Crippen molar-refractivity contribution in [2.75, 3.05) is 0 Å². The minimum absolute atomic E-state index is 0.404. The zero-order valence-corrected chi connectivity index (χ0v) is 9.21. The van der Waals surface area contributed by atoms with Crippen LogP contribution in [0.25, 0.3) is 11.1 Å². The second-order valence-corrected chi connectivity index (χ2v) is 3.67. The van der Waals surface area contributed by atoms with Gasteiger partial charge in [0.15, 0.2) is 5.58 Å². The first-order valence-corrected chi connectivity index (χ1v) is 5.06. The third-order valence-electron chi connectivity index (χ3n) is 2.47. The molecule has 0 aliphatic carbocycles. The zero-order chi connectivity index (χ0) is 12.4. The van der Waals surface area contributed by atoms with Crippen LogP contribution in [-0.2, 0) is 18.3 Å². The van der Waals surface area contributed by atoms with Gasteiger partial charge in [0.2, 0.25) is 0 Å². The van der Waals surface area contributed by atoms with Crippen molar-refractivity contribution >= 4 is 17.1 Å². The van der Waals surface area contributed by atoms with Crippen LogP contribution in [0.3, 0.4) is 0 Å². The van der Waals surface area contributed by atoms with Crippen molar-refractivity contribution in [1.82, 2.24) is 4.57 Å². The van der Waals surface area contributed by atoms with Crippen molar-refractivity contribution in [2.45, 2.75) is 6.42 Å². The molecule has 5 heteroatoms. The zero-order valence-electron chi connectivity index (χ0n) is 9.21. The fourth-order valence-corrected chi connectivity index (χ4v) is 1.60. The summed E-state index contributed by atoms with van der Waals surface area (Å²) >= 11 is 0. The predicted octanol–water partition coefficient (Wildman–Crippen LogP) is 1.31. The lowest BCUT2D eigenvalue weighted by atomic mass is 10.1. The molecule has 0 atom stereocenters. The van der Waals surface area contributed by atoms with E-state index in [2.05, 4.69) is 0 Å². The Morgan fingerprint density at radius 2 is 2.29 bits per heavy atom. The highest BCUT2D eigenvalue weighted by atomic mass is 16.4. The number of aliphatic carboxylic acids is 1. The first-order chi connectivity index (χ1) is 8.08. The first kappa shape index (κ1) is 11.2. The molecule has 1 N–H and O–H groups in total. The molecular weight excluding hydrogens is 222 g/mol. The van der Waals surface area contributed by atoms with Gasteiger partial charge < -0.3 is 9.52 Å². The van der Waals surface area contributed by atoms with Crippen molar-refractivity contribution < 1.29 is 14.3 Å². The summed E-state index contributed by atoms with van der Waals surface area (Å²) in [6, 6.07) is 5.36. The van der Waals surface area contributed by atoms with Gasteiger partial charge in [-0.05, 0) is 24.1 Å². The number of oxazole rings is 1. The maximum absolute atomic E-state index is 11.3. The number of benzene rings is 1. The van der Waals surface area contributed by atoms with Crippen LogP contribution < -0.4 is 5.76 Å². The van der Waals surface area contributed by atoms with E-state index in [1.165, 1.54) is 4.57 Å². The van der Waals surface area contributed by atoms with E-state index in [4.69, 9.17) is 9.52 Å². The van der Waals surface area contributed by atoms with E-state index in [1.54, 1.807) is 25.3 Å². The Labute approximate surface area is 96.6 Å². The Morgan fingerprint density at radius 3 is 3.00 bits per heavy atom. The standard InChI is InChI=1S/C12H11NO4/c1-13-9-6-5-8(3-2-4-11(14)15)7-10(9)17-12(13)16/h2,4-7H,3H2,1H3,(H,14,15)/b4-2+. The number of carboxylic acids is 1. The molecule has 0 saturated carbocycles. The summed E-state index contributed by atoms with van der Waals surface area (Å²) in [5.41, 5.74) is 2.13. The van der Waals surface area contributed by atoms with Crippen LogP contribution >= 0.6 is 0 Å². The van der Waals surface area contributed by atoms with Crippen LogP contribution in [0.2, 0.25) is 0 Å². The van der Waals surface area contributed by atoms with Gasteiger partial charge in [0, 0.05) is 13.1 Å². The molecule has 1 aromatic carbocycles. The summed E-state index contributed by atoms with van der Waals surface area (Å²) in [5.74, 6) is -1.38. The molecule has 0 aliphatic rings. The van der Waals surface area contributed by atoms with Gasteiger partial charge in [-0.3, -0.25) is 4.57 Å². The van der Waals surface area contributed by atoms with Crippen molar-refractivity contribution in [3.8, 4) is 0 Å². The van der Waals surface area contributed by atoms with Crippen LogP contribution in [-0.4, -0.2) is 15.6 Å². The molecule has 0 aliphatic heterocycles. The average Bonchev–Trinajstić information content (AvgIpc) is 2.54. The molecule has 1 aromatic heterocycles. The first-order valence-electron chi connectivity index (χ1n) is 5.06. The fourth-order valence-electron chi connectivity index (χ4n) is 1.60. The van der Waals surface area contributed by atoms with Crippen LogP contribution in [0.15, 0.2) is 39.6 Å². The maximum atomic E-state index is 11.3. The number of rotatable bonds is 3. The Bertz CT molecular complexity index is 648. The quantitative estimate of drug-likeness (QED) is 0.811. The van der Waals surface area contributed by atoms with E-state index in [0.717, 1.165) is 17.2 Å². The predicted molar refractivity (Wildman–Crippen MR) is 61.9 cm³/mol. The number of fused-ring (bicyclic) bond motifs is 1. The lowest BCUT2D eigenvalue weighted by Crippen LogP contribution is -2.08. The van der Waals surface area contributed by atoms with E-state index < -0.39 is 11.7 Å². The van der Waals surface area contributed by atoms with Gasteiger partial charge in [-0.25, -0.2) is 9.59 Å². The van der Waals surface area contributed by atoms with Crippen molar-refractivity contribution in [2.24, 2.45) is 7.05 Å². The molecule has 0 spiro atoms. The number of allylic oxidation sites excluding steroid dienone is 1. The lowest BCUT2D eigenvalue weighted by molar-refractivity contribution is -0.131. The highest BCUT2D eigenvalue weighted by molar-refractivity contribution is 5.79. The van der Waals surface area contributed by atoms with Gasteiger partial charge in [-0.1, -0.05) is 12.1 Å². The normalized spacial score (nSPS) is 11.4. The Balaban J connectivity index is 2.32. The largest absolute Gasteiger partial charge is 0.478 e. The summed E-state index contributed by atoms with van der Waals surface area (Å²) in [4.78, 5) is 21.6. The molecule has 0 saturated heterocycles. The Morgan fingerprint density at radius 1 is 1.53 bits per heavy atom. The van der Waals surface area contributed by atoms with Crippen molar-refractivity contribution in [3.63, 3.8) is 0 Å². The van der Waals surface area contributed by atoms with E-state index in [1.807, 2.05) is 6.07 Å². The fraction of sp³-hybridized carbons (Fsp3) is 0.167. The van der Waals surface area contributed by atoms with E-state index in [0.29, 0.717) is 12.0 Å². The molecular formula is C12H11NO4. The highest BCUT2D eigenvalue weighted by Gasteiger charge is 2.05. The molecule has 0 amide bonds. The molecule has 88 valence electrons. The van der Waals surface area contributed by atoms with Gasteiger partial charge in [-0.2, -0.15) is 0 Å². The number of nitrogens with zero attached hydrogens (tertiary/aromatic N) is 1. The summed E-state index contributed by atoms with van der Waals surface area (Å²) < 4.78 is 6.46. The molecule has 17 heavy (non-hydrogen) atoms. The number of hydrogen-bond donors (Lipinski definition) is 1. The molecule has 2 aromatic rings. The summed E-state index contributed by atoms with van der Waals surface area (Å²) in [6.45, 7) is 0. The van der Waals surface area contributed by atoms with E-state index in [9.17, 15) is 9.59 Å². The Hall–Kier alpha value is -2.30. The second-order valence-electron chi connectivity index (χ2n) is 3.67. The van der Waals surface area contributed by atoms with Gasteiger partial charge in [0.1, 0.15) is 0 Å². The minimum atomic E-state index is -0.975. The lowest BCUT2D eigenvalue weighted by Gasteiger charge is -1.96. The molecule has 0 bridgehead atoms. The molecule has 1 heterocycles. The van der Waals surface area contributed by atoms with E-state index >= 15 is 0 Å². The third kappa shape index (κ3) is 2.28. The maximum Gasteiger partial charge on any atom is 0.419 e. The molecule has 5 nitrogen and oxygen atoms in total. The smallest absolute Gasteiger partial charge is 0.419 e. The van der Waals surface area contributed by atoms with Gasteiger partial charge in [0.25, 0.3) is 0 Å². The molecule has 2 rings (SSSR count). The highest BCUT2D eigenvalue weighted by Crippen LogP contribution is 2.14. The van der Waals surface area contributed by atoms with Crippen molar-refractivity contribution in [3.05, 3.63) is 46.5 Å². The molecule has 0 radical (unpaired) electrons. The van der Waals surface area contributed by atoms with Crippen LogP contribution in [0.4, 0.5) is 0 Å². The number of carboxylic acid groups (broad SMARTS) is 1.